The molecule has 2 saturated heterocycles. The van der Waals surface area contributed by atoms with Crippen LogP contribution >= 0.6 is 0 Å². The second-order valence-corrected chi connectivity index (χ2v) is 5.72. The Hall–Kier alpha value is -2.57. The summed E-state index contributed by atoms with van der Waals surface area (Å²) >= 11 is 0. The van der Waals surface area contributed by atoms with Crippen molar-refractivity contribution in [3.05, 3.63) is 35.9 Å². The van der Waals surface area contributed by atoms with Gasteiger partial charge in [-0.15, -0.1) is 0 Å². The quantitative estimate of drug-likeness (QED) is 0.612. The van der Waals surface area contributed by atoms with E-state index in [4.69, 9.17) is 9.47 Å². The van der Waals surface area contributed by atoms with E-state index in [-0.39, 0.29) is 38.0 Å². The Bertz CT molecular complexity index is 596. The number of esters is 1. The molecule has 23 heavy (non-hydrogen) atoms. The first-order chi connectivity index (χ1) is 11.1. The molecule has 1 aromatic rings. The summed E-state index contributed by atoms with van der Waals surface area (Å²) in [7, 11) is 0. The largest absolute Gasteiger partial charge is 0.464 e. The van der Waals surface area contributed by atoms with Gasteiger partial charge in [-0.3, -0.25) is 9.59 Å². The molecule has 0 saturated carbocycles. The minimum Gasteiger partial charge on any atom is -0.464 e. The van der Waals surface area contributed by atoms with E-state index in [2.05, 4.69) is 10.6 Å². The van der Waals surface area contributed by atoms with Crippen LogP contribution in [0.2, 0.25) is 0 Å². The first-order valence-electron chi connectivity index (χ1n) is 7.53. The van der Waals surface area contributed by atoms with Crippen LogP contribution in [0, 0.1) is 11.3 Å². The van der Waals surface area contributed by atoms with Crippen molar-refractivity contribution in [2.24, 2.45) is 11.3 Å². The number of amides is 2. The molecule has 2 atom stereocenters. The zero-order chi connectivity index (χ0) is 16.3. The van der Waals surface area contributed by atoms with Crippen LogP contribution in [0.25, 0.3) is 0 Å². The fourth-order valence-electron chi connectivity index (χ4n) is 3.05. The highest BCUT2D eigenvalue weighted by Gasteiger charge is 2.61. The van der Waals surface area contributed by atoms with E-state index in [1.165, 1.54) is 0 Å². The van der Waals surface area contributed by atoms with Crippen molar-refractivity contribution >= 4 is 18.0 Å². The van der Waals surface area contributed by atoms with Crippen molar-refractivity contribution in [2.75, 3.05) is 19.7 Å². The molecular weight excluding hydrogens is 300 g/mol. The highest BCUT2D eigenvalue weighted by molar-refractivity contribution is 6.05. The van der Waals surface area contributed by atoms with Crippen molar-refractivity contribution < 1.29 is 23.9 Å². The van der Waals surface area contributed by atoms with Gasteiger partial charge in [-0.25, -0.2) is 4.79 Å². The van der Waals surface area contributed by atoms with E-state index in [1.54, 1.807) is 0 Å². The van der Waals surface area contributed by atoms with Gasteiger partial charge in [0.2, 0.25) is 5.91 Å². The first-order valence-corrected chi connectivity index (χ1v) is 7.53. The number of carbonyl (C=O) groups is 3. The lowest BCUT2D eigenvalue weighted by Crippen LogP contribution is -2.42. The van der Waals surface area contributed by atoms with Crippen molar-refractivity contribution in [1.29, 1.82) is 0 Å². The van der Waals surface area contributed by atoms with Crippen LogP contribution in [-0.4, -0.2) is 37.7 Å². The highest BCUT2D eigenvalue weighted by atomic mass is 16.5. The summed E-state index contributed by atoms with van der Waals surface area (Å²) in [5.74, 6) is -0.981. The molecular formula is C16H18N2O5. The maximum absolute atomic E-state index is 12.0. The minimum absolute atomic E-state index is 0.162. The second-order valence-electron chi connectivity index (χ2n) is 5.72. The summed E-state index contributed by atoms with van der Waals surface area (Å²) in [5.41, 5.74) is -0.275. The number of cyclic esters (lactones) is 1. The summed E-state index contributed by atoms with van der Waals surface area (Å²) in [5, 5.41) is 5.27. The molecule has 0 aliphatic carbocycles. The molecule has 2 N–H and O–H groups in total. The molecule has 2 fully saturated rings. The topological polar surface area (TPSA) is 93.7 Å². The molecule has 3 rings (SSSR count). The van der Waals surface area contributed by atoms with Gasteiger partial charge in [0.25, 0.3) is 0 Å². The summed E-state index contributed by atoms with van der Waals surface area (Å²) in [4.78, 5) is 35.7. The van der Waals surface area contributed by atoms with Crippen molar-refractivity contribution in [3.63, 3.8) is 0 Å². The SMILES string of the molecule is O=C(NCC[C@@]12C(=O)NC[C@@H]1COC2=O)OCc1ccccc1. The molecule has 122 valence electrons. The second kappa shape index (κ2) is 6.28. The monoisotopic (exact) mass is 318 g/mol. The molecule has 0 spiro atoms. The lowest BCUT2D eigenvalue weighted by atomic mass is 9.77. The lowest BCUT2D eigenvalue weighted by Gasteiger charge is -2.20. The van der Waals surface area contributed by atoms with Crippen LogP contribution in [0.3, 0.4) is 0 Å². The van der Waals surface area contributed by atoms with Gasteiger partial charge >= 0.3 is 12.1 Å². The molecule has 2 aliphatic rings. The molecule has 1 aromatic carbocycles. The average molecular weight is 318 g/mol. The third-order valence-corrected chi connectivity index (χ3v) is 4.39. The van der Waals surface area contributed by atoms with Crippen LogP contribution in [0.15, 0.2) is 30.3 Å². The predicted octanol–water partition coefficient (Wildman–Crippen LogP) is 0.592. The van der Waals surface area contributed by atoms with E-state index in [1.807, 2.05) is 30.3 Å². The zero-order valence-electron chi connectivity index (χ0n) is 12.5. The number of fused-ring (bicyclic) bond motifs is 1. The molecule has 0 aromatic heterocycles. The van der Waals surface area contributed by atoms with Crippen LogP contribution in [0.1, 0.15) is 12.0 Å². The summed E-state index contributed by atoms with van der Waals surface area (Å²) in [6.07, 6.45) is -0.366. The van der Waals surface area contributed by atoms with E-state index in [9.17, 15) is 14.4 Å². The summed E-state index contributed by atoms with van der Waals surface area (Å²) < 4.78 is 10.1. The average Bonchev–Trinajstić information content (AvgIpc) is 3.05. The maximum Gasteiger partial charge on any atom is 0.407 e. The van der Waals surface area contributed by atoms with Crippen LogP contribution in [0.5, 0.6) is 0 Å². The van der Waals surface area contributed by atoms with Crippen LogP contribution < -0.4 is 10.6 Å². The van der Waals surface area contributed by atoms with Gasteiger partial charge in [0.1, 0.15) is 6.61 Å². The van der Waals surface area contributed by atoms with Gasteiger partial charge in [0, 0.05) is 19.0 Å². The van der Waals surface area contributed by atoms with E-state index < -0.39 is 17.5 Å². The first kappa shape index (κ1) is 15.3. The molecule has 0 bridgehead atoms. The van der Waals surface area contributed by atoms with Crippen LogP contribution in [0.4, 0.5) is 4.79 Å². The molecule has 7 heteroatoms. The van der Waals surface area contributed by atoms with Crippen molar-refractivity contribution in [2.45, 2.75) is 13.0 Å². The number of benzene rings is 1. The molecule has 2 amide bonds. The third-order valence-electron chi connectivity index (χ3n) is 4.39. The number of carbonyl (C=O) groups excluding carboxylic acids is 3. The van der Waals surface area contributed by atoms with Gasteiger partial charge in [0.05, 0.1) is 6.61 Å². The third kappa shape index (κ3) is 2.86. The van der Waals surface area contributed by atoms with Gasteiger partial charge < -0.3 is 20.1 Å². The highest BCUT2D eigenvalue weighted by Crippen LogP contribution is 2.42. The van der Waals surface area contributed by atoms with Crippen molar-refractivity contribution in [3.8, 4) is 0 Å². The Morgan fingerprint density at radius 3 is 2.91 bits per heavy atom. The molecule has 0 unspecified atom stereocenters. The Morgan fingerprint density at radius 1 is 1.35 bits per heavy atom. The van der Waals surface area contributed by atoms with Gasteiger partial charge in [0.15, 0.2) is 5.41 Å². The van der Waals surface area contributed by atoms with E-state index >= 15 is 0 Å². The van der Waals surface area contributed by atoms with Gasteiger partial charge in [-0.05, 0) is 12.0 Å². The Balaban J connectivity index is 1.48. The predicted molar refractivity (Wildman–Crippen MR) is 79.1 cm³/mol. The zero-order valence-corrected chi connectivity index (χ0v) is 12.5. The number of nitrogens with one attached hydrogen (secondary N) is 2. The Labute approximate surface area is 133 Å². The van der Waals surface area contributed by atoms with Gasteiger partial charge in [-0.2, -0.15) is 0 Å². The fourth-order valence-corrected chi connectivity index (χ4v) is 3.05. The number of ether oxygens (including phenoxy) is 2. The number of rotatable bonds is 5. The van der Waals surface area contributed by atoms with E-state index in [0.717, 1.165) is 5.56 Å². The standard InChI is InChI=1S/C16H18N2O5/c19-13-16(12(8-18-13)10-22-14(16)20)6-7-17-15(21)23-9-11-4-2-1-3-5-11/h1-5,12H,6-10H2,(H,17,21)(H,18,19)/t12-,16+/m1/s1. The molecule has 2 aliphatic heterocycles. The fraction of sp³-hybridized carbons (Fsp3) is 0.438. The van der Waals surface area contributed by atoms with E-state index in [0.29, 0.717) is 6.54 Å². The summed E-state index contributed by atoms with van der Waals surface area (Å²) in [6.45, 7) is 1.02. The molecule has 0 radical (unpaired) electrons. The smallest absolute Gasteiger partial charge is 0.407 e. The maximum atomic E-state index is 12.0. The molecule has 2 heterocycles. The number of alkyl carbamates (subject to hydrolysis) is 1. The summed E-state index contributed by atoms with van der Waals surface area (Å²) in [6, 6.07) is 9.32. The molecule has 7 nitrogen and oxygen atoms in total. The Kier molecular flexibility index (Phi) is 4.18. The number of hydrogen-bond acceptors (Lipinski definition) is 5. The lowest BCUT2D eigenvalue weighted by molar-refractivity contribution is -0.151. The van der Waals surface area contributed by atoms with Gasteiger partial charge in [-0.1, -0.05) is 30.3 Å². The van der Waals surface area contributed by atoms with Crippen molar-refractivity contribution in [1.82, 2.24) is 10.6 Å². The normalized spacial score (nSPS) is 25.5. The number of hydrogen-bond donors (Lipinski definition) is 2. The van der Waals surface area contributed by atoms with Crippen LogP contribution in [-0.2, 0) is 25.7 Å². The minimum atomic E-state index is -1.16. The Morgan fingerprint density at radius 2 is 2.13 bits per heavy atom.